The highest BCUT2D eigenvalue weighted by atomic mass is 16.1. The fraction of sp³-hybridized carbons (Fsp3) is 0.810. The predicted octanol–water partition coefficient (Wildman–Crippen LogP) is 4.63. The molecule has 2 N–H and O–H groups in total. The van der Waals surface area contributed by atoms with Crippen molar-refractivity contribution in [1.29, 1.82) is 10.8 Å². The molecule has 2 rings (SSSR count). The number of hydrogen-bond donors (Lipinski definition) is 2. The maximum absolute atomic E-state index is 10.3. The second kappa shape index (κ2) is 16.5. The number of aliphatic imine (C=N–C) groups is 2. The first-order chi connectivity index (χ1) is 13.6. The number of isocyanates is 4. The summed E-state index contributed by atoms with van der Waals surface area (Å²) < 4.78 is 0. The van der Waals surface area contributed by atoms with E-state index in [-0.39, 0.29) is 16.9 Å². The molecule has 29 heavy (non-hydrogen) atoms. The van der Waals surface area contributed by atoms with Crippen molar-refractivity contribution in [3.8, 4) is 0 Å². The Morgan fingerprint density at radius 2 is 1.41 bits per heavy atom. The van der Waals surface area contributed by atoms with E-state index in [1.165, 1.54) is 32.1 Å². The standard InChI is InChI=1S/C12H18N2O2.C7H14.2CHNO/c1-11(2)4-10(14-9-16)5-12(3,6-11)7-13-8-15;1-7-5-3-2-4-6-7;2*2-1-3/h10H,4-7H2,1-3H3;7H,2-6H2,1H3;2*2H. The van der Waals surface area contributed by atoms with E-state index in [2.05, 4.69) is 37.7 Å². The van der Waals surface area contributed by atoms with Crippen LogP contribution in [0.4, 0.5) is 0 Å². The molecule has 2 saturated carbocycles. The van der Waals surface area contributed by atoms with Crippen molar-refractivity contribution in [2.75, 3.05) is 6.54 Å². The van der Waals surface area contributed by atoms with Gasteiger partial charge in [0.25, 0.3) is 0 Å². The lowest BCUT2D eigenvalue weighted by atomic mass is 9.63. The molecule has 8 heteroatoms. The van der Waals surface area contributed by atoms with Crippen molar-refractivity contribution in [2.24, 2.45) is 26.7 Å². The lowest BCUT2D eigenvalue weighted by Crippen LogP contribution is -2.39. The molecule has 2 atom stereocenters. The highest BCUT2D eigenvalue weighted by Gasteiger charge is 2.41. The number of hydrogen-bond acceptors (Lipinski definition) is 8. The maximum atomic E-state index is 10.3. The first-order valence-corrected chi connectivity index (χ1v) is 9.82. The van der Waals surface area contributed by atoms with Gasteiger partial charge in [-0.05, 0) is 36.0 Å². The van der Waals surface area contributed by atoms with Crippen LogP contribution in [0.2, 0.25) is 0 Å². The first kappa shape index (κ1) is 28.7. The van der Waals surface area contributed by atoms with Crippen LogP contribution in [0.3, 0.4) is 0 Å². The van der Waals surface area contributed by atoms with Crippen LogP contribution in [-0.2, 0) is 19.2 Å². The summed E-state index contributed by atoms with van der Waals surface area (Å²) in [5.41, 5.74) is 0.0561. The molecule has 0 heterocycles. The van der Waals surface area contributed by atoms with Crippen molar-refractivity contribution >= 4 is 24.3 Å². The SMILES string of the molecule is CC1(C)CC(N=C=O)CC(C)(CN=C=O)C1.CC1CCCCC1.N=C=O.N=C=O. The molecule has 8 nitrogen and oxygen atoms in total. The Balaban J connectivity index is 0. The molecule has 162 valence electrons. The zero-order chi connectivity index (χ0) is 22.8. The van der Waals surface area contributed by atoms with Crippen LogP contribution in [0.25, 0.3) is 0 Å². The van der Waals surface area contributed by atoms with Gasteiger partial charge in [-0.3, -0.25) is 0 Å². The van der Waals surface area contributed by atoms with E-state index >= 15 is 0 Å². The van der Waals surface area contributed by atoms with E-state index in [0.29, 0.717) is 6.54 Å². The molecule has 0 aromatic heterocycles. The Bertz CT molecular complexity index is 607. The Hall–Kier alpha value is -2.48. The highest BCUT2D eigenvalue weighted by Crippen LogP contribution is 2.47. The van der Waals surface area contributed by atoms with Crippen LogP contribution in [0.15, 0.2) is 9.98 Å². The maximum Gasteiger partial charge on any atom is 0.235 e. The number of rotatable bonds is 3. The summed E-state index contributed by atoms with van der Waals surface area (Å²) in [6, 6.07) is 0.00750. The van der Waals surface area contributed by atoms with Crippen LogP contribution in [0, 0.1) is 27.6 Å². The van der Waals surface area contributed by atoms with Gasteiger partial charge < -0.3 is 0 Å². The minimum absolute atomic E-state index is 0.00750. The molecular formula is C21H34N4O4. The second-order valence-electron chi connectivity index (χ2n) is 8.79. The minimum atomic E-state index is -0.0653. The summed E-state index contributed by atoms with van der Waals surface area (Å²) in [5.74, 6) is 1.04. The molecule has 0 amide bonds. The van der Waals surface area contributed by atoms with Gasteiger partial charge in [0.2, 0.25) is 24.3 Å². The largest absolute Gasteiger partial charge is 0.235 e. The fourth-order valence-electron chi connectivity index (χ4n) is 4.39. The van der Waals surface area contributed by atoms with Gasteiger partial charge in [-0.25, -0.2) is 40.0 Å². The smallest absolute Gasteiger partial charge is 0.222 e. The lowest BCUT2D eigenvalue weighted by molar-refractivity contribution is 0.0915. The summed E-state index contributed by atoms with van der Waals surface area (Å²) in [5, 5.41) is 10.8. The number of nitrogens with zero attached hydrogens (tertiary/aromatic N) is 2. The Morgan fingerprint density at radius 1 is 0.897 bits per heavy atom. The number of nitrogens with one attached hydrogen (secondary N) is 2. The molecule has 0 aromatic rings. The van der Waals surface area contributed by atoms with Crippen molar-refractivity contribution in [3.63, 3.8) is 0 Å². The van der Waals surface area contributed by atoms with Crippen molar-refractivity contribution in [3.05, 3.63) is 0 Å². The second-order valence-corrected chi connectivity index (χ2v) is 8.79. The summed E-state index contributed by atoms with van der Waals surface area (Å²) in [6.45, 7) is 9.22. The van der Waals surface area contributed by atoms with E-state index in [1.54, 1.807) is 12.2 Å². The monoisotopic (exact) mass is 406 g/mol. The zero-order valence-electron chi connectivity index (χ0n) is 18.0. The molecular weight excluding hydrogens is 372 g/mol. The Labute approximate surface area is 173 Å². The minimum Gasteiger partial charge on any atom is -0.222 e. The zero-order valence-corrected chi connectivity index (χ0v) is 18.0. The molecule has 0 saturated heterocycles. The van der Waals surface area contributed by atoms with E-state index in [1.807, 2.05) is 0 Å². The third-order valence-electron chi connectivity index (χ3n) is 5.08. The normalized spacial score (nSPS) is 24.5. The third kappa shape index (κ3) is 16.2. The van der Waals surface area contributed by atoms with Gasteiger partial charge in [0.1, 0.15) is 0 Å². The van der Waals surface area contributed by atoms with Crippen LogP contribution >= 0.6 is 0 Å². The van der Waals surface area contributed by atoms with E-state index in [4.69, 9.17) is 20.4 Å². The summed E-state index contributed by atoms with van der Waals surface area (Å²) in [4.78, 5) is 44.7. The first-order valence-electron chi connectivity index (χ1n) is 9.82. The molecule has 2 fully saturated rings. The quantitative estimate of drug-likeness (QED) is 0.520. The third-order valence-corrected chi connectivity index (χ3v) is 5.08. The van der Waals surface area contributed by atoms with Crippen molar-refractivity contribution < 1.29 is 19.2 Å². The van der Waals surface area contributed by atoms with Crippen LogP contribution < -0.4 is 0 Å². The van der Waals surface area contributed by atoms with Crippen LogP contribution in [0.1, 0.15) is 79.1 Å². The van der Waals surface area contributed by atoms with Gasteiger partial charge in [0.15, 0.2) is 0 Å². The molecule has 2 unspecified atom stereocenters. The molecule has 0 spiro atoms. The average molecular weight is 407 g/mol. The van der Waals surface area contributed by atoms with Crippen LogP contribution in [-0.4, -0.2) is 36.9 Å². The Kier molecular flexibility index (Phi) is 16.3. The highest BCUT2D eigenvalue weighted by molar-refractivity contribution is 5.34. The molecule has 0 bridgehead atoms. The van der Waals surface area contributed by atoms with Crippen LogP contribution in [0.5, 0.6) is 0 Å². The van der Waals surface area contributed by atoms with E-state index in [9.17, 15) is 9.59 Å². The molecule has 2 aliphatic rings. The lowest BCUT2D eigenvalue weighted by Gasteiger charge is -2.44. The van der Waals surface area contributed by atoms with Gasteiger partial charge in [-0.2, -0.15) is 0 Å². The van der Waals surface area contributed by atoms with Crippen molar-refractivity contribution in [2.45, 2.75) is 85.1 Å². The van der Waals surface area contributed by atoms with Gasteiger partial charge in [-0.15, -0.1) is 0 Å². The summed E-state index contributed by atoms with van der Waals surface area (Å²) >= 11 is 0. The van der Waals surface area contributed by atoms with Crippen molar-refractivity contribution in [1.82, 2.24) is 0 Å². The molecule has 0 aromatic carbocycles. The molecule has 0 aliphatic heterocycles. The topological polar surface area (TPSA) is 141 Å². The van der Waals surface area contributed by atoms with Gasteiger partial charge >= 0.3 is 0 Å². The van der Waals surface area contributed by atoms with E-state index < -0.39 is 0 Å². The van der Waals surface area contributed by atoms with Gasteiger partial charge in [0.05, 0.1) is 12.6 Å². The predicted molar refractivity (Wildman–Crippen MR) is 110 cm³/mol. The molecule has 2 aliphatic carbocycles. The Morgan fingerprint density at radius 3 is 1.79 bits per heavy atom. The van der Waals surface area contributed by atoms with E-state index in [0.717, 1.165) is 37.3 Å². The van der Waals surface area contributed by atoms with Gasteiger partial charge in [0, 0.05) is 0 Å². The number of carbonyl (C=O) groups excluding carboxylic acids is 4. The van der Waals surface area contributed by atoms with Gasteiger partial charge in [-0.1, -0.05) is 59.8 Å². The summed E-state index contributed by atoms with van der Waals surface area (Å²) in [7, 11) is 0. The summed E-state index contributed by atoms with van der Waals surface area (Å²) in [6.07, 6.45) is 14.8. The molecule has 0 radical (unpaired) electrons. The fourth-order valence-corrected chi connectivity index (χ4v) is 4.39. The average Bonchev–Trinajstić information content (AvgIpc) is 2.61.